The monoisotopic (exact) mass is 451 g/mol. The van der Waals surface area contributed by atoms with E-state index in [1.165, 1.54) is 11.1 Å². The number of anilines is 1. The molecule has 1 N–H and O–H groups in total. The molecule has 4 nitrogen and oxygen atoms in total. The summed E-state index contributed by atoms with van der Waals surface area (Å²) < 4.78 is 19.0. The summed E-state index contributed by atoms with van der Waals surface area (Å²) in [6.07, 6.45) is 3.66. The number of allylic oxidation sites excluding steroid dienone is 1. The first kappa shape index (κ1) is 25.3. The van der Waals surface area contributed by atoms with Crippen LogP contribution in [0.15, 0.2) is 54.6 Å². The molecule has 0 aromatic heterocycles. The second-order valence-corrected chi connectivity index (χ2v) is 10.7. The van der Waals surface area contributed by atoms with E-state index in [0.717, 1.165) is 23.5 Å². The summed E-state index contributed by atoms with van der Waals surface area (Å²) in [5, 5.41) is 3.57. The molecular weight excluding hydrogens is 410 g/mol. The lowest BCUT2D eigenvalue weighted by Crippen LogP contribution is -2.51. The summed E-state index contributed by atoms with van der Waals surface area (Å²) >= 11 is 0. The quantitative estimate of drug-likeness (QED) is 0.431. The maximum absolute atomic E-state index is 6.40. The van der Waals surface area contributed by atoms with Gasteiger partial charge >= 0.3 is 0 Å². The molecule has 1 aliphatic rings. The SMILES string of the molecule is CC=CCOC1C(OC(C)C)c2cc(NCc3ccc(C(C)(C)C)cc3)ccc2OC1(C)C. The molecule has 1 aliphatic heterocycles. The minimum atomic E-state index is -0.502. The minimum absolute atomic E-state index is 0.0718. The highest BCUT2D eigenvalue weighted by atomic mass is 16.6. The molecule has 1 heterocycles. The number of hydrogen-bond donors (Lipinski definition) is 1. The van der Waals surface area contributed by atoms with Gasteiger partial charge in [-0.15, -0.1) is 0 Å². The van der Waals surface area contributed by atoms with Crippen LogP contribution in [0.1, 0.15) is 78.2 Å². The lowest BCUT2D eigenvalue weighted by atomic mass is 9.87. The summed E-state index contributed by atoms with van der Waals surface area (Å²) in [4.78, 5) is 0. The molecule has 0 spiro atoms. The van der Waals surface area contributed by atoms with Crippen LogP contribution in [0, 0.1) is 0 Å². The van der Waals surface area contributed by atoms with Crippen molar-refractivity contribution < 1.29 is 14.2 Å². The van der Waals surface area contributed by atoms with Crippen LogP contribution in [-0.2, 0) is 21.4 Å². The molecule has 33 heavy (non-hydrogen) atoms. The van der Waals surface area contributed by atoms with E-state index >= 15 is 0 Å². The minimum Gasteiger partial charge on any atom is -0.485 e. The van der Waals surface area contributed by atoms with Crippen LogP contribution < -0.4 is 10.1 Å². The maximum atomic E-state index is 6.40. The van der Waals surface area contributed by atoms with Crippen LogP contribution in [0.5, 0.6) is 5.75 Å². The molecule has 0 amide bonds. The van der Waals surface area contributed by atoms with Gasteiger partial charge in [0, 0.05) is 17.8 Å². The largest absolute Gasteiger partial charge is 0.485 e. The highest BCUT2D eigenvalue weighted by Crippen LogP contribution is 2.44. The predicted molar refractivity (Wildman–Crippen MR) is 137 cm³/mol. The third kappa shape index (κ3) is 6.39. The number of hydrogen-bond acceptors (Lipinski definition) is 4. The lowest BCUT2D eigenvalue weighted by molar-refractivity contribution is -0.168. The molecule has 0 radical (unpaired) electrons. The van der Waals surface area contributed by atoms with Gasteiger partial charge in [-0.3, -0.25) is 0 Å². The Labute approximate surface area is 200 Å². The van der Waals surface area contributed by atoms with Gasteiger partial charge in [0.1, 0.15) is 23.6 Å². The summed E-state index contributed by atoms with van der Waals surface area (Å²) in [5.74, 6) is 0.858. The Morgan fingerprint density at radius 1 is 1.09 bits per heavy atom. The molecule has 0 fully saturated rings. The highest BCUT2D eigenvalue weighted by molar-refractivity contribution is 5.54. The van der Waals surface area contributed by atoms with Gasteiger partial charge in [-0.25, -0.2) is 0 Å². The molecule has 0 saturated heterocycles. The standard InChI is InChI=1S/C29H41NO3/c1-9-10-17-31-27-26(32-20(2)3)24-18-23(15-16-25(24)33-29(27,7)8)30-19-21-11-13-22(14-12-21)28(4,5)6/h9-16,18,20,26-27,30H,17,19H2,1-8H3. The molecule has 4 heteroatoms. The third-order valence-corrected chi connectivity index (χ3v) is 5.99. The molecule has 0 bridgehead atoms. The first-order chi connectivity index (χ1) is 15.5. The molecular formula is C29H41NO3. The van der Waals surface area contributed by atoms with E-state index in [2.05, 4.69) is 90.2 Å². The van der Waals surface area contributed by atoms with Crippen molar-refractivity contribution in [3.8, 4) is 5.75 Å². The smallest absolute Gasteiger partial charge is 0.132 e. The van der Waals surface area contributed by atoms with E-state index in [9.17, 15) is 0 Å². The molecule has 0 aliphatic carbocycles. The second kappa shape index (κ2) is 10.3. The normalized spacial score (nSPS) is 20.0. The van der Waals surface area contributed by atoms with Crippen molar-refractivity contribution in [2.24, 2.45) is 0 Å². The zero-order chi connectivity index (χ0) is 24.2. The van der Waals surface area contributed by atoms with Crippen LogP contribution >= 0.6 is 0 Å². The lowest BCUT2D eigenvalue weighted by Gasteiger charge is -2.44. The predicted octanol–water partition coefficient (Wildman–Crippen LogP) is 7.19. The van der Waals surface area contributed by atoms with E-state index in [1.54, 1.807) is 0 Å². The topological polar surface area (TPSA) is 39.7 Å². The van der Waals surface area contributed by atoms with Crippen LogP contribution in [0.25, 0.3) is 0 Å². The first-order valence-corrected chi connectivity index (χ1v) is 12.1. The van der Waals surface area contributed by atoms with Crippen molar-refractivity contribution >= 4 is 5.69 Å². The van der Waals surface area contributed by atoms with Crippen molar-refractivity contribution in [3.63, 3.8) is 0 Å². The van der Waals surface area contributed by atoms with Gasteiger partial charge in [0.15, 0.2) is 0 Å². The average Bonchev–Trinajstić information content (AvgIpc) is 2.73. The zero-order valence-electron chi connectivity index (χ0n) is 21.6. The fourth-order valence-electron chi connectivity index (χ4n) is 4.15. The van der Waals surface area contributed by atoms with Crippen molar-refractivity contribution in [2.45, 2.75) is 91.3 Å². The molecule has 180 valence electrons. The Hall–Kier alpha value is -2.30. The highest BCUT2D eigenvalue weighted by Gasteiger charge is 2.45. The van der Waals surface area contributed by atoms with Gasteiger partial charge in [-0.1, -0.05) is 57.2 Å². The van der Waals surface area contributed by atoms with Gasteiger partial charge in [0.2, 0.25) is 0 Å². The van der Waals surface area contributed by atoms with Gasteiger partial charge in [0.05, 0.1) is 12.7 Å². The molecule has 2 unspecified atom stereocenters. The Kier molecular flexibility index (Phi) is 7.92. The molecule has 2 aromatic rings. The fraction of sp³-hybridized carbons (Fsp3) is 0.517. The summed E-state index contributed by atoms with van der Waals surface area (Å²) in [7, 11) is 0. The van der Waals surface area contributed by atoms with Crippen LogP contribution in [-0.4, -0.2) is 24.4 Å². The van der Waals surface area contributed by atoms with Gasteiger partial charge in [-0.2, -0.15) is 0 Å². The van der Waals surface area contributed by atoms with E-state index in [4.69, 9.17) is 14.2 Å². The van der Waals surface area contributed by atoms with E-state index in [0.29, 0.717) is 6.61 Å². The van der Waals surface area contributed by atoms with Gasteiger partial charge in [-0.05, 0) is 69.4 Å². The number of ether oxygens (including phenoxy) is 3. The van der Waals surface area contributed by atoms with Crippen LogP contribution in [0.2, 0.25) is 0 Å². The van der Waals surface area contributed by atoms with Crippen molar-refractivity contribution in [2.75, 3.05) is 11.9 Å². The van der Waals surface area contributed by atoms with E-state index < -0.39 is 5.60 Å². The summed E-state index contributed by atoms with van der Waals surface area (Å²) in [5.41, 5.74) is 4.33. The van der Waals surface area contributed by atoms with Crippen molar-refractivity contribution in [1.82, 2.24) is 0 Å². The third-order valence-electron chi connectivity index (χ3n) is 5.99. The number of nitrogens with one attached hydrogen (secondary N) is 1. The van der Waals surface area contributed by atoms with Gasteiger partial charge in [0.25, 0.3) is 0 Å². The Bertz CT molecular complexity index is 938. The van der Waals surface area contributed by atoms with Crippen LogP contribution in [0.4, 0.5) is 5.69 Å². The zero-order valence-corrected chi connectivity index (χ0v) is 21.6. The molecule has 2 atom stereocenters. The maximum Gasteiger partial charge on any atom is 0.132 e. The van der Waals surface area contributed by atoms with Crippen molar-refractivity contribution in [1.29, 1.82) is 0 Å². The molecule has 0 saturated carbocycles. The summed E-state index contributed by atoms with van der Waals surface area (Å²) in [6, 6.07) is 15.1. The molecule has 3 rings (SSSR count). The number of fused-ring (bicyclic) bond motifs is 1. The Balaban J connectivity index is 1.82. The first-order valence-electron chi connectivity index (χ1n) is 12.1. The number of rotatable bonds is 8. The Morgan fingerprint density at radius 2 is 1.79 bits per heavy atom. The molecule has 2 aromatic carbocycles. The van der Waals surface area contributed by atoms with Crippen molar-refractivity contribution in [3.05, 3.63) is 71.3 Å². The Morgan fingerprint density at radius 3 is 2.39 bits per heavy atom. The summed E-state index contributed by atoms with van der Waals surface area (Å²) in [6.45, 7) is 18.3. The number of benzene rings is 2. The van der Waals surface area contributed by atoms with E-state index in [1.807, 2.05) is 25.1 Å². The average molecular weight is 452 g/mol. The van der Waals surface area contributed by atoms with E-state index in [-0.39, 0.29) is 23.7 Å². The second-order valence-electron chi connectivity index (χ2n) is 10.7. The fourth-order valence-corrected chi connectivity index (χ4v) is 4.15. The van der Waals surface area contributed by atoms with Crippen LogP contribution in [0.3, 0.4) is 0 Å². The van der Waals surface area contributed by atoms with Gasteiger partial charge < -0.3 is 19.5 Å².